The minimum absolute atomic E-state index is 0.178. The summed E-state index contributed by atoms with van der Waals surface area (Å²) >= 11 is 0. The Labute approximate surface area is 140 Å². The van der Waals surface area contributed by atoms with Crippen LogP contribution in [0.3, 0.4) is 0 Å². The van der Waals surface area contributed by atoms with Crippen molar-refractivity contribution in [1.29, 1.82) is 0 Å². The molecule has 3 unspecified atom stereocenters. The molecule has 2 bridgehead atoms. The van der Waals surface area contributed by atoms with E-state index in [4.69, 9.17) is 20.9 Å². The lowest BCUT2D eigenvalue weighted by molar-refractivity contribution is 0.137. The van der Waals surface area contributed by atoms with E-state index in [0.717, 1.165) is 28.4 Å². The van der Waals surface area contributed by atoms with Crippen molar-refractivity contribution in [1.82, 2.24) is 9.97 Å². The van der Waals surface area contributed by atoms with E-state index < -0.39 is 0 Å². The number of nitrogens with zero attached hydrogens (tertiary/aromatic N) is 2. The molecule has 1 aliphatic heterocycles. The normalized spacial score (nSPS) is 30.5. The molecule has 2 aromatic rings. The van der Waals surface area contributed by atoms with E-state index in [2.05, 4.69) is 16.9 Å². The fourth-order valence-corrected chi connectivity index (χ4v) is 4.80. The predicted octanol–water partition coefficient (Wildman–Crippen LogP) is 2.86. The molecule has 4 atom stereocenters. The van der Waals surface area contributed by atoms with Crippen LogP contribution in [0.2, 0.25) is 0 Å². The summed E-state index contributed by atoms with van der Waals surface area (Å²) in [6.45, 7) is 2.78. The predicted molar refractivity (Wildman–Crippen MR) is 92.1 cm³/mol. The molecule has 2 aliphatic carbocycles. The van der Waals surface area contributed by atoms with Crippen molar-refractivity contribution in [3.8, 4) is 11.5 Å². The highest BCUT2D eigenvalue weighted by Crippen LogP contribution is 2.50. The second-order valence-corrected chi connectivity index (χ2v) is 7.52. The maximum Gasteiger partial charge on any atom is 0.222 e. The quantitative estimate of drug-likeness (QED) is 0.881. The molecule has 1 aromatic heterocycles. The molecule has 6 nitrogen and oxygen atoms in total. The van der Waals surface area contributed by atoms with Crippen LogP contribution >= 0.6 is 0 Å². The molecule has 0 saturated heterocycles. The first-order chi connectivity index (χ1) is 11.6. The number of rotatable bonds is 2. The third-order valence-electron chi connectivity index (χ3n) is 5.91. The van der Waals surface area contributed by atoms with Crippen LogP contribution in [0.4, 0.5) is 11.8 Å². The Morgan fingerprint density at radius 1 is 1.21 bits per heavy atom. The maximum atomic E-state index is 6.49. The van der Waals surface area contributed by atoms with Gasteiger partial charge in [-0.05, 0) is 37.5 Å². The van der Waals surface area contributed by atoms with Crippen molar-refractivity contribution < 1.29 is 9.47 Å². The Morgan fingerprint density at radius 2 is 2.08 bits per heavy atom. The van der Waals surface area contributed by atoms with Gasteiger partial charge in [-0.15, -0.1) is 0 Å². The Morgan fingerprint density at radius 3 is 2.83 bits per heavy atom. The lowest BCUT2D eigenvalue weighted by atomic mass is 9.96. The lowest BCUT2D eigenvalue weighted by Crippen LogP contribution is -2.24. The fourth-order valence-electron chi connectivity index (χ4n) is 4.80. The maximum absolute atomic E-state index is 6.49. The minimum Gasteiger partial charge on any atom is -0.492 e. The fraction of sp³-hybridized carbons (Fsp3) is 0.556. The van der Waals surface area contributed by atoms with E-state index in [9.17, 15) is 0 Å². The molecule has 24 heavy (non-hydrogen) atoms. The van der Waals surface area contributed by atoms with E-state index in [1.807, 2.05) is 6.07 Å². The molecule has 126 valence electrons. The van der Waals surface area contributed by atoms with Crippen LogP contribution < -0.4 is 20.9 Å². The topological polar surface area (TPSA) is 96.3 Å². The summed E-state index contributed by atoms with van der Waals surface area (Å²) in [5.74, 6) is 4.02. The van der Waals surface area contributed by atoms with Gasteiger partial charge in [0.15, 0.2) is 0 Å². The van der Waals surface area contributed by atoms with Crippen LogP contribution in [0.1, 0.15) is 44.1 Å². The van der Waals surface area contributed by atoms with Gasteiger partial charge in [-0.2, -0.15) is 4.98 Å². The summed E-state index contributed by atoms with van der Waals surface area (Å²) < 4.78 is 12.4. The summed E-state index contributed by atoms with van der Waals surface area (Å²) in [7, 11) is 0. The van der Waals surface area contributed by atoms with Gasteiger partial charge in [0, 0.05) is 17.5 Å². The van der Waals surface area contributed by atoms with Gasteiger partial charge < -0.3 is 20.9 Å². The molecule has 2 saturated carbocycles. The molecule has 6 heteroatoms. The molecule has 0 spiro atoms. The van der Waals surface area contributed by atoms with Gasteiger partial charge in [-0.25, -0.2) is 4.98 Å². The minimum atomic E-state index is 0.178. The van der Waals surface area contributed by atoms with Crippen molar-refractivity contribution >= 4 is 22.7 Å². The number of benzene rings is 1. The van der Waals surface area contributed by atoms with Crippen LogP contribution in [0.25, 0.3) is 10.9 Å². The molecule has 0 radical (unpaired) electrons. The molecule has 4 N–H and O–H groups in total. The Hall–Kier alpha value is -2.24. The number of hydrogen-bond donors (Lipinski definition) is 2. The highest BCUT2D eigenvalue weighted by atomic mass is 16.5. The number of anilines is 2. The average Bonchev–Trinajstić information content (AvgIpc) is 3.22. The van der Waals surface area contributed by atoms with E-state index in [-0.39, 0.29) is 11.9 Å². The van der Waals surface area contributed by atoms with Crippen molar-refractivity contribution in [3.63, 3.8) is 0 Å². The number of ether oxygens (including phenoxy) is 2. The molecule has 3 aliphatic rings. The van der Waals surface area contributed by atoms with Crippen molar-refractivity contribution in [2.75, 3.05) is 18.1 Å². The molecule has 2 heterocycles. The molecular formula is C18H22N4O2. The second-order valence-electron chi connectivity index (χ2n) is 7.52. The Balaban J connectivity index is 1.64. The van der Waals surface area contributed by atoms with E-state index in [1.54, 1.807) is 0 Å². The number of nitrogen functional groups attached to an aromatic ring is 2. The first-order valence-corrected chi connectivity index (χ1v) is 8.79. The third kappa shape index (κ3) is 1.95. The zero-order valence-electron chi connectivity index (χ0n) is 13.8. The number of hydrogen-bond acceptors (Lipinski definition) is 6. The third-order valence-corrected chi connectivity index (χ3v) is 5.91. The Bertz CT molecular complexity index is 838. The first kappa shape index (κ1) is 14.1. The van der Waals surface area contributed by atoms with Crippen LogP contribution in [-0.2, 0) is 0 Å². The van der Waals surface area contributed by atoms with E-state index in [0.29, 0.717) is 30.0 Å². The van der Waals surface area contributed by atoms with E-state index >= 15 is 0 Å². The monoisotopic (exact) mass is 326 g/mol. The van der Waals surface area contributed by atoms with Gasteiger partial charge in [0.25, 0.3) is 0 Å². The summed E-state index contributed by atoms with van der Waals surface area (Å²) in [5, 5.41) is 0.754. The van der Waals surface area contributed by atoms with Crippen molar-refractivity contribution in [2.45, 2.75) is 44.6 Å². The number of nitrogens with two attached hydrogens (primary N) is 2. The van der Waals surface area contributed by atoms with Crippen LogP contribution in [0, 0.1) is 11.8 Å². The second kappa shape index (κ2) is 4.88. The summed E-state index contributed by atoms with van der Waals surface area (Å²) in [5.41, 5.74) is 13.7. The molecule has 2 fully saturated rings. The van der Waals surface area contributed by atoms with Gasteiger partial charge in [0.2, 0.25) is 5.95 Å². The standard InChI is InChI=1S/C18H22N4O2/c1-8-7-23-16-14(8)13(24-12-5-9-2-3-10(12)4-9)6-11-15(16)17(19)22-18(20)21-11/h6,8-10,12H,2-5,7H2,1H3,(H4,19,20,21,22)/t8?,9?,10-,12?/m1/s1. The largest absolute Gasteiger partial charge is 0.492 e. The average molecular weight is 326 g/mol. The van der Waals surface area contributed by atoms with Crippen LogP contribution in [0.5, 0.6) is 11.5 Å². The Kier molecular flexibility index (Phi) is 2.87. The van der Waals surface area contributed by atoms with Crippen molar-refractivity contribution in [2.24, 2.45) is 11.8 Å². The summed E-state index contributed by atoms with van der Waals surface area (Å²) in [4.78, 5) is 8.44. The number of aromatic nitrogens is 2. The molecule has 0 amide bonds. The van der Waals surface area contributed by atoms with Gasteiger partial charge >= 0.3 is 0 Å². The molecule has 5 rings (SSSR count). The van der Waals surface area contributed by atoms with Gasteiger partial charge in [-0.3, -0.25) is 0 Å². The van der Waals surface area contributed by atoms with Crippen molar-refractivity contribution in [3.05, 3.63) is 11.6 Å². The molecular weight excluding hydrogens is 304 g/mol. The zero-order chi connectivity index (χ0) is 16.4. The zero-order valence-corrected chi connectivity index (χ0v) is 13.8. The van der Waals surface area contributed by atoms with Crippen LogP contribution in [0.15, 0.2) is 6.07 Å². The number of fused-ring (bicyclic) bond motifs is 5. The van der Waals surface area contributed by atoms with Gasteiger partial charge in [0.05, 0.1) is 17.5 Å². The highest BCUT2D eigenvalue weighted by Gasteiger charge is 2.42. The SMILES string of the molecule is CC1COc2c1c(OC1CC3CC[C@@H]1C3)cc1nc(N)nc(N)c21. The van der Waals surface area contributed by atoms with Gasteiger partial charge in [-0.1, -0.05) is 6.92 Å². The molecule has 1 aromatic carbocycles. The smallest absolute Gasteiger partial charge is 0.222 e. The first-order valence-electron chi connectivity index (χ1n) is 8.79. The highest BCUT2D eigenvalue weighted by molar-refractivity contribution is 5.97. The van der Waals surface area contributed by atoms with E-state index in [1.165, 1.54) is 25.7 Å². The van der Waals surface area contributed by atoms with Gasteiger partial charge in [0.1, 0.15) is 23.4 Å². The van der Waals surface area contributed by atoms with Crippen LogP contribution in [-0.4, -0.2) is 22.7 Å². The lowest BCUT2D eigenvalue weighted by Gasteiger charge is -2.25. The summed E-state index contributed by atoms with van der Waals surface area (Å²) in [6.07, 6.45) is 5.45. The summed E-state index contributed by atoms with van der Waals surface area (Å²) in [6, 6.07) is 1.97.